The van der Waals surface area contributed by atoms with Crippen molar-refractivity contribution in [3.8, 4) is 5.75 Å². The summed E-state index contributed by atoms with van der Waals surface area (Å²) < 4.78 is 0. The Bertz CT molecular complexity index is 339. The van der Waals surface area contributed by atoms with Gasteiger partial charge in [0.25, 0.3) is 0 Å². The summed E-state index contributed by atoms with van der Waals surface area (Å²) in [5.74, 6) is 1.73. The Labute approximate surface area is 119 Å². The molecule has 0 aliphatic heterocycles. The van der Waals surface area contributed by atoms with Crippen molar-refractivity contribution in [2.45, 2.75) is 71.6 Å². The van der Waals surface area contributed by atoms with Crippen LogP contribution < -0.4 is 0 Å². The molecule has 1 unspecified atom stereocenters. The molecule has 0 radical (unpaired) electrons. The van der Waals surface area contributed by atoms with Crippen LogP contribution in [0.2, 0.25) is 0 Å². The van der Waals surface area contributed by atoms with Crippen LogP contribution in [0.25, 0.3) is 0 Å². The van der Waals surface area contributed by atoms with Gasteiger partial charge in [0.15, 0.2) is 0 Å². The number of hydrogen-bond donors (Lipinski definition) is 1. The molecule has 1 rings (SSSR count). The van der Waals surface area contributed by atoms with E-state index >= 15 is 0 Å². The Morgan fingerprint density at radius 3 is 2.05 bits per heavy atom. The van der Waals surface area contributed by atoms with Crippen molar-refractivity contribution in [3.63, 3.8) is 0 Å². The zero-order valence-corrected chi connectivity index (χ0v) is 12.9. The van der Waals surface area contributed by atoms with Gasteiger partial charge >= 0.3 is 0 Å². The fraction of sp³-hybridized carbons (Fsp3) is 0.667. The van der Waals surface area contributed by atoms with Gasteiger partial charge in [-0.25, -0.2) is 0 Å². The first kappa shape index (κ1) is 16.1. The SMILES string of the molecule is CCCCC(c1ccccc1O)C(CCC)CCC. The highest BCUT2D eigenvalue weighted by Crippen LogP contribution is 2.39. The Morgan fingerprint density at radius 2 is 1.53 bits per heavy atom. The normalized spacial score (nSPS) is 12.8. The van der Waals surface area contributed by atoms with Crippen molar-refractivity contribution in [1.82, 2.24) is 0 Å². The van der Waals surface area contributed by atoms with Gasteiger partial charge in [0.05, 0.1) is 0 Å². The van der Waals surface area contributed by atoms with Crippen molar-refractivity contribution < 1.29 is 5.11 Å². The number of unbranched alkanes of at least 4 members (excludes halogenated alkanes) is 1. The van der Waals surface area contributed by atoms with E-state index in [0.29, 0.717) is 11.7 Å². The monoisotopic (exact) mass is 262 g/mol. The molecule has 108 valence electrons. The van der Waals surface area contributed by atoms with E-state index in [4.69, 9.17) is 0 Å². The molecular weight excluding hydrogens is 232 g/mol. The molecule has 1 nitrogen and oxygen atoms in total. The maximum Gasteiger partial charge on any atom is 0.119 e. The predicted molar refractivity (Wildman–Crippen MR) is 83.7 cm³/mol. The second-order valence-corrected chi connectivity index (χ2v) is 5.64. The Balaban J connectivity index is 2.94. The molecule has 0 bridgehead atoms. The van der Waals surface area contributed by atoms with E-state index < -0.39 is 0 Å². The molecule has 0 saturated heterocycles. The maximum atomic E-state index is 10.2. The molecule has 1 heteroatoms. The van der Waals surface area contributed by atoms with Gasteiger partial charge in [0, 0.05) is 0 Å². The molecule has 0 aliphatic rings. The van der Waals surface area contributed by atoms with Crippen LogP contribution in [0.3, 0.4) is 0 Å². The van der Waals surface area contributed by atoms with Crippen molar-refractivity contribution >= 4 is 0 Å². The lowest BCUT2D eigenvalue weighted by atomic mass is 9.77. The topological polar surface area (TPSA) is 20.2 Å². The standard InChI is InChI=1S/C18H30O/c1-4-7-12-16(15(10-5-2)11-6-3)17-13-8-9-14-18(17)19/h8-9,13-16,19H,4-7,10-12H2,1-3H3. The lowest BCUT2D eigenvalue weighted by Gasteiger charge is -2.28. The molecule has 0 fully saturated rings. The number of benzene rings is 1. The van der Waals surface area contributed by atoms with Crippen LogP contribution in [-0.4, -0.2) is 5.11 Å². The van der Waals surface area contributed by atoms with Crippen LogP contribution in [0, 0.1) is 5.92 Å². The molecule has 19 heavy (non-hydrogen) atoms. The molecule has 0 aliphatic carbocycles. The molecule has 0 amide bonds. The van der Waals surface area contributed by atoms with E-state index in [1.54, 1.807) is 0 Å². The van der Waals surface area contributed by atoms with Gasteiger partial charge < -0.3 is 5.11 Å². The lowest BCUT2D eigenvalue weighted by molar-refractivity contribution is 0.332. The first-order chi connectivity index (χ1) is 9.24. The molecule has 1 aromatic rings. The second kappa shape index (κ2) is 9.01. The zero-order chi connectivity index (χ0) is 14.1. The van der Waals surface area contributed by atoms with E-state index in [9.17, 15) is 5.11 Å². The summed E-state index contributed by atoms with van der Waals surface area (Å²) in [5.41, 5.74) is 1.17. The van der Waals surface area contributed by atoms with E-state index in [0.717, 1.165) is 5.92 Å². The van der Waals surface area contributed by atoms with Crippen LogP contribution in [-0.2, 0) is 0 Å². The lowest BCUT2D eigenvalue weighted by Crippen LogP contribution is -2.13. The summed E-state index contributed by atoms with van der Waals surface area (Å²) in [6.07, 6.45) is 8.71. The number of para-hydroxylation sites is 1. The van der Waals surface area contributed by atoms with Gasteiger partial charge in [-0.05, 0) is 29.9 Å². The van der Waals surface area contributed by atoms with Crippen molar-refractivity contribution in [2.24, 2.45) is 5.92 Å². The quantitative estimate of drug-likeness (QED) is 0.589. The van der Waals surface area contributed by atoms with Crippen molar-refractivity contribution in [3.05, 3.63) is 29.8 Å². The summed E-state index contributed by atoms with van der Waals surface area (Å²) in [6, 6.07) is 7.94. The fourth-order valence-corrected chi connectivity index (χ4v) is 3.16. The van der Waals surface area contributed by atoms with Gasteiger partial charge in [0.1, 0.15) is 5.75 Å². The van der Waals surface area contributed by atoms with Gasteiger partial charge in [0.2, 0.25) is 0 Å². The van der Waals surface area contributed by atoms with Crippen molar-refractivity contribution in [1.29, 1.82) is 0 Å². The summed E-state index contributed by atoms with van der Waals surface area (Å²) in [6.45, 7) is 6.78. The van der Waals surface area contributed by atoms with E-state index in [2.05, 4.69) is 32.9 Å². The van der Waals surface area contributed by atoms with Gasteiger partial charge in [-0.3, -0.25) is 0 Å². The Hall–Kier alpha value is -0.980. The van der Waals surface area contributed by atoms with Crippen LogP contribution in [0.1, 0.15) is 77.2 Å². The van der Waals surface area contributed by atoms with Crippen LogP contribution >= 0.6 is 0 Å². The largest absolute Gasteiger partial charge is 0.508 e. The average molecular weight is 262 g/mol. The van der Waals surface area contributed by atoms with Crippen LogP contribution in [0.15, 0.2) is 24.3 Å². The van der Waals surface area contributed by atoms with Gasteiger partial charge in [-0.2, -0.15) is 0 Å². The van der Waals surface area contributed by atoms with Gasteiger partial charge in [-0.15, -0.1) is 0 Å². The number of rotatable bonds is 9. The second-order valence-electron chi connectivity index (χ2n) is 5.64. The van der Waals surface area contributed by atoms with Crippen molar-refractivity contribution in [2.75, 3.05) is 0 Å². The first-order valence-electron chi connectivity index (χ1n) is 8.02. The minimum Gasteiger partial charge on any atom is -0.508 e. The van der Waals surface area contributed by atoms with Crippen LogP contribution in [0.5, 0.6) is 5.75 Å². The van der Waals surface area contributed by atoms with Gasteiger partial charge in [-0.1, -0.05) is 77.5 Å². The first-order valence-corrected chi connectivity index (χ1v) is 8.02. The van der Waals surface area contributed by atoms with Crippen LogP contribution in [0.4, 0.5) is 0 Å². The van der Waals surface area contributed by atoms with E-state index in [-0.39, 0.29) is 0 Å². The highest BCUT2D eigenvalue weighted by Gasteiger charge is 2.23. The number of hydrogen-bond acceptors (Lipinski definition) is 1. The van der Waals surface area contributed by atoms with E-state index in [1.165, 1.54) is 50.5 Å². The predicted octanol–water partition coefficient (Wildman–Crippen LogP) is 5.88. The number of phenols is 1. The molecule has 0 aromatic heterocycles. The minimum atomic E-state index is 0.487. The molecule has 0 spiro atoms. The molecule has 1 N–H and O–H groups in total. The molecule has 1 aromatic carbocycles. The molecular formula is C18H30O. The molecule has 1 atom stereocenters. The third kappa shape index (κ3) is 4.89. The number of aromatic hydroxyl groups is 1. The summed E-state index contributed by atoms with van der Waals surface area (Å²) in [5, 5.41) is 10.2. The number of phenolic OH excluding ortho intramolecular Hbond substituents is 1. The minimum absolute atomic E-state index is 0.487. The highest BCUT2D eigenvalue weighted by atomic mass is 16.3. The fourth-order valence-electron chi connectivity index (χ4n) is 3.16. The highest BCUT2D eigenvalue weighted by molar-refractivity contribution is 5.35. The zero-order valence-electron chi connectivity index (χ0n) is 12.9. The summed E-state index contributed by atoms with van der Waals surface area (Å²) in [4.78, 5) is 0. The summed E-state index contributed by atoms with van der Waals surface area (Å²) >= 11 is 0. The maximum absolute atomic E-state index is 10.2. The Morgan fingerprint density at radius 1 is 0.895 bits per heavy atom. The summed E-state index contributed by atoms with van der Waals surface area (Å²) in [7, 11) is 0. The average Bonchev–Trinajstić information content (AvgIpc) is 2.41. The van der Waals surface area contributed by atoms with E-state index in [1.807, 2.05) is 12.1 Å². The molecule has 0 heterocycles. The Kier molecular flexibility index (Phi) is 7.62. The smallest absolute Gasteiger partial charge is 0.119 e. The third-order valence-electron chi connectivity index (χ3n) is 4.09. The molecule has 0 saturated carbocycles. The third-order valence-corrected chi connectivity index (χ3v) is 4.09.